The van der Waals surface area contributed by atoms with Crippen molar-refractivity contribution in [1.29, 1.82) is 0 Å². The van der Waals surface area contributed by atoms with Crippen LogP contribution in [-0.4, -0.2) is 21.7 Å². The highest BCUT2D eigenvalue weighted by Crippen LogP contribution is 2.15. The summed E-state index contributed by atoms with van der Waals surface area (Å²) in [5.41, 5.74) is 0. The molecule has 0 amide bonds. The third-order valence-electron chi connectivity index (χ3n) is 1.26. The Morgan fingerprint density at radius 3 is 2.83 bits per heavy atom. The van der Waals surface area contributed by atoms with Crippen LogP contribution >= 0.6 is 11.8 Å². The Hall–Kier alpha value is -0.840. The molecule has 5 heteroatoms. The summed E-state index contributed by atoms with van der Waals surface area (Å²) in [5, 5.41) is 7.85. The molecule has 0 N–H and O–H groups in total. The van der Waals surface area contributed by atoms with Crippen molar-refractivity contribution in [2.75, 3.05) is 5.75 Å². The van der Waals surface area contributed by atoms with Crippen molar-refractivity contribution in [3.05, 3.63) is 5.89 Å². The van der Waals surface area contributed by atoms with Crippen molar-refractivity contribution in [2.24, 2.45) is 0 Å². The van der Waals surface area contributed by atoms with E-state index in [4.69, 9.17) is 4.42 Å². The van der Waals surface area contributed by atoms with E-state index < -0.39 is 0 Å². The molecule has 12 heavy (non-hydrogen) atoms. The van der Waals surface area contributed by atoms with E-state index in [0.717, 1.165) is 0 Å². The molecular formula is C7H10N2O2S. The van der Waals surface area contributed by atoms with Gasteiger partial charge in [0.1, 0.15) is 5.78 Å². The molecule has 0 spiro atoms. The molecule has 0 aliphatic heterocycles. The van der Waals surface area contributed by atoms with Crippen LogP contribution in [0.5, 0.6) is 0 Å². The lowest BCUT2D eigenvalue weighted by Gasteiger charge is -1.91. The molecule has 1 rings (SSSR count). The van der Waals surface area contributed by atoms with E-state index in [1.807, 2.05) is 6.92 Å². The normalized spacial score (nSPS) is 10.2. The molecule has 1 aromatic rings. The summed E-state index contributed by atoms with van der Waals surface area (Å²) < 4.78 is 5.07. The fourth-order valence-corrected chi connectivity index (χ4v) is 1.35. The Kier molecular flexibility index (Phi) is 3.28. The molecule has 0 aliphatic carbocycles. The summed E-state index contributed by atoms with van der Waals surface area (Å²) in [4.78, 5) is 10.9. The Balaban J connectivity index is 2.38. The number of aromatic nitrogens is 2. The van der Waals surface area contributed by atoms with E-state index in [9.17, 15) is 4.79 Å². The van der Waals surface area contributed by atoms with Crippen molar-refractivity contribution in [2.45, 2.75) is 25.5 Å². The largest absolute Gasteiger partial charge is 0.416 e. The van der Waals surface area contributed by atoms with Crippen LogP contribution in [0.3, 0.4) is 0 Å². The van der Waals surface area contributed by atoms with Crippen molar-refractivity contribution in [3.63, 3.8) is 0 Å². The van der Waals surface area contributed by atoms with E-state index in [1.165, 1.54) is 11.8 Å². The Labute approximate surface area is 74.7 Å². The van der Waals surface area contributed by atoms with E-state index >= 15 is 0 Å². The lowest BCUT2D eigenvalue weighted by atomic mass is 10.4. The molecular weight excluding hydrogens is 176 g/mol. The minimum absolute atomic E-state index is 0.191. The molecule has 0 atom stereocenters. The third kappa shape index (κ3) is 2.65. The van der Waals surface area contributed by atoms with Gasteiger partial charge in [-0.15, -0.1) is 10.2 Å². The number of ketones is 1. The van der Waals surface area contributed by atoms with E-state index in [-0.39, 0.29) is 5.78 Å². The highest BCUT2D eigenvalue weighted by molar-refractivity contribution is 7.99. The standard InChI is InChI=1S/C7H10N2O2S/c1-3-6(10)4-12-7-9-8-5(2)11-7/h3-4H2,1-2H3. The summed E-state index contributed by atoms with van der Waals surface area (Å²) in [6.07, 6.45) is 0.556. The number of hydrogen-bond donors (Lipinski definition) is 0. The first-order valence-corrected chi connectivity index (χ1v) is 4.65. The maximum Gasteiger partial charge on any atom is 0.276 e. The molecule has 4 nitrogen and oxygen atoms in total. The SMILES string of the molecule is CCC(=O)CSc1nnc(C)o1. The van der Waals surface area contributed by atoms with E-state index in [1.54, 1.807) is 6.92 Å². The number of thioether (sulfide) groups is 1. The van der Waals surface area contributed by atoms with Crippen molar-refractivity contribution < 1.29 is 9.21 Å². The average Bonchev–Trinajstić information content (AvgIpc) is 2.47. The van der Waals surface area contributed by atoms with Crippen LogP contribution in [0.1, 0.15) is 19.2 Å². The summed E-state index contributed by atoms with van der Waals surface area (Å²) in [6, 6.07) is 0. The number of Topliss-reactive ketones (excluding diaryl/α,β-unsaturated/α-hetero) is 1. The number of carbonyl (C=O) groups is 1. The summed E-state index contributed by atoms with van der Waals surface area (Å²) in [6.45, 7) is 3.56. The van der Waals surface area contributed by atoms with Gasteiger partial charge in [0.05, 0.1) is 5.75 Å². The van der Waals surface area contributed by atoms with Crippen LogP contribution in [0.2, 0.25) is 0 Å². The van der Waals surface area contributed by atoms with Crippen LogP contribution in [0, 0.1) is 6.92 Å². The van der Waals surface area contributed by atoms with Gasteiger partial charge in [0, 0.05) is 13.3 Å². The number of aryl methyl sites for hydroxylation is 1. The van der Waals surface area contributed by atoms with Crippen molar-refractivity contribution >= 4 is 17.5 Å². The summed E-state index contributed by atoms with van der Waals surface area (Å²) >= 11 is 1.28. The zero-order chi connectivity index (χ0) is 8.97. The molecule has 1 aromatic heterocycles. The summed E-state index contributed by atoms with van der Waals surface area (Å²) in [7, 11) is 0. The number of nitrogens with zero attached hydrogens (tertiary/aromatic N) is 2. The van der Waals surface area contributed by atoms with Gasteiger partial charge >= 0.3 is 0 Å². The molecule has 0 aromatic carbocycles. The van der Waals surface area contributed by atoms with Gasteiger partial charge in [-0.1, -0.05) is 18.7 Å². The van der Waals surface area contributed by atoms with Gasteiger partial charge in [-0.05, 0) is 0 Å². The smallest absolute Gasteiger partial charge is 0.276 e. The van der Waals surface area contributed by atoms with Crippen LogP contribution in [0.15, 0.2) is 9.64 Å². The molecule has 0 radical (unpaired) electrons. The fourth-order valence-electron chi connectivity index (χ4n) is 0.581. The van der Waals surface area contributed by atoms with Crippen LogP contribution < -0.4 is 0 Å². The lowest BCUT2D eigenvalue weighted by molar-refractivity contribution is -0.116. The van der Waals surface area contributed by atoms with E-state index in [0.29, 0.717) is 23.3 Å². The lowest BCUT2D eigenvalue weighted by Crippen LogP contribution is -1.97. The quantitative estimate of drug-likeness (QED) is 0.666. The zero-order valence-electron chi connectivity index (χ0n) is 7.03. The average molecular weight is 186 g/mol. The Morgan fingerprint density at radius 1 is 1.58 bits per heavy atom. The van der Waals surface area contributed by atoms with Gasteiger partial charge in [0.25, 0.3) is 5.22 Å². The molecule has 0 saturated heterocycles. The molecule has 0 aliphatic rings. The van der Waals surface area contributed by atoms with Crippen LogP contribution in [0.25, 0.3) is 0 Å². The Morgan fingerprint density at radius 2 is 2.33 bits per heavy atom. The van der Waals surface area contributed by atoms with Crippen molar-refractivity contribution in [3.8, 4) is 0 Å². The van der Waals surface area contributed by atoms with E-state index in [2.05, 4.69) is 10.2 Å². The topological polar surface area (TPSA) is 56.0 Å². The molecule has 1 heterocycles. The minimum atomic E-state index is 0.191. The van der Waals surface area contributed by atoms with Gasteiger partial charge < -0.3 is 4.42 Å². The second-order valence-electron chi connectivity index (χ2n) is 2.27. The fraction of sp³-hybridized carbons (Fsp3) is 0.571. The minimum Gasteiger partial charge on any atom is -0.416 e. The zero-order valence-corrected chi connectivity index (χ0v) is 7.85. The maximum atomic E-state index is 10.9. The molecule has 66 valence electrons. The first-order valence-electron chi connectivity index (χ1n) is 3.67. The highest BCUT2D eigenvalue weighted by atomic mass is 32.2. The third-order valence-corrected chi connectivity index (χ3v) is 2.14. The second kappa shape index (κ2) is 4.25. The molecule has 0 saturated carbocycles. The van der Waals surface area contributed by atoms with Crippen molar-refractivity contribution in [1.82, 2.24) is 10.2 Å². The van der Waals surface area contributed by atoms with Crippen LogP contribution in [0.4, 0.5) is 0 Å². The monoisotopic (exact) mass is 186 g/mol. The van der Waals surface area contributed by atoms with Crippen LogP contribution in [-0.2, 0) is 4.79 Å². The van der Waals surface area contributed by atoms with Gasteiger partial charge in [-0.25, -0.2) is 0 Å². The number of hydrogen-bond acceptors (Lipinski definition) is 5. The molecule has 0 bridgehead atoms. The van der Waals surface area contributed by atoms with Gasteiger partial charge in [0.15, 0.2) is 0 Å². The highest BCUT2D eigenvalue weighted by Gasteiger charge is 2.05. The first kappa shape index (κ1) is 9.25. The molecule has 0 unspecified atom stereocenters. The van der Waals surface area contributed by atoms with Gasteiger partial charge in [-0.2, -0.15) is 0 Å². The Bertz CT molecular complexity index is 272. The second-order valence-corrected chi connectivity index (χ2v) is 3.19. The van der Waals surface area contributed by atoms with Gasteiger partial charge in [-0.3, -0.25) is 4.79 Å². The summed E-state index contributed by atoms with van der Waals surface area (Å²) in [5.74, 6) is 1.13. The first-order chi connectivity index (χ1) is 5.72. The van der Waals surface area contributed by atoms with Gasteiger partial charge in [0.2, 0.25) is 5.89 Å². The predicted molar refractivity (Wildman–Crippen MR) is 45.1 cm³/mol. The molecule has 0 fully saturated rings. The maximum absolute atomic E-state index is 10.9. The number of rotatable bonds is 4. The predicted octanol–water partition coefficient (Wildman–Crippen LogP) is 1.45. The number of carbonyl (C=O) groups excluding carboxylic acids is 1.